The van der Waals surface area contributed by atoms with Crippen LogP contribution in [0.15, 0.2) is 30.3 Å². The highest BCUT2D eigenvalue weighted by molar-refractivity contribution is 7.99. The largest absolute Gasteiger partial charge is 0.468 e. The lowest BCUT2D eigenvalue weighted by molar-refractivity contribution is -0.137. The molecule has 0 saturated carbocycles. The average molecular weight is 239 g/mol. The van der Waals surface area contributed by atoms with E-state index >= 15 is 0 Å². The van der Waals surface area contributed by atoms with Crippen molar-refractivity contribution in [3.63, 3.8) is 0 Å². The van der Waals surface area contributed by atoms with Crippen LogP contribution in [0, 0.1) is 0 Å². The first-order chi connectivity index (χ1) is 7.74. The standard InChI is InChI=1S/C11H13NO3S/c1-15-10(13)7-16-8-12-11(14)9-5-3-2-4-6-9/h2-6H,7-8H2,1H3,(H,12,14). The summed E-state index contributed by atoms with van der Waals surface area (Å²) in [7, 11) is 1.34. The Morgan fingerprint density at radius 3 is 2.62 bits per heavy atom. The van der Waals surface area contributed by atoms with E-state index in [0.29, 0.717) is 11.4 Å². The molecule has 0 saturated heterocycles. The zero-order valence-corrected chi connectivity index (χ0v) is 9.75. The van der Waals surface area contributed by atoms with Gasteiger partial charge in [-0.3, -0.25) is 9.59 Å². The Morgan fingerprint density at radius 1 is 1.31 bits per heavy atom. The summed E-state index contributed by atoms with van der Waals surface area (Å²) in [5, 5.41) is 2.69. The highest BCUT2D eigenvalue weighted by Gasteiger charge is 2.04. The van der Waals surface area contributed by atoms with Gasteiger partial charge in [0.15, 0.2) is 0 Å². The number of amides is 1. The quantitative estimate of drug-likeness (QED) is 0.478. The Balaban J connectivity index is 2.24. The van der Waals surface area contributed by atoms with Crippen molar-refractivity contribution in [3.05, 3.63) is 35.9 Å². The van der Waals surface area contributed by atoms with Crippen LogP contribution in [-0.4, -0.2) is 30.6 Å². The van der Waals surface area contributed by atoms with Crippen LogP contribution in [0.25, 0.3) is 0 Å². The fraction of sp³-hybridized carbons (Fsp3) is 0.273. The molecule has 0 radical (unpaired) electrons. The van der Waals surface area contributed by atoms with Crippen LogP contribution >= 0.6 is 11.8 Å². The van der Waals surface area contributed by atoms with Crippen molar-refractivity contribution in [2.45, 2.75) is 0 Å². The third-order valence-corrected chi connectivity index (χ3v) is 2.61. The van der Waals surface area contributed by atoms with Crippen molar-refractivity contribution >= 4 is 23.6 Å². The SMILES string of the molecule is COC(=O)CSCNC(=O)c1ccccc1. The van der Waals surface area contributed by atoms with Gasteiger partial charge in [0.1, 0.15) is 0 Å². The number of esters is 1. The van der Waals surface area contributed by atoms with E-state index in [1.54, 1.807) is 24.3 Å². The summed E-state index contributed by atoms with van der Waals surface area (Å²) >= 11 is 1.30. The van der Waals surface area contributed by atoms with E-state index < -0.39 is 0 Å². The first kappa shape index (κ1) is 12.6. The molecule has 5 heteroatoms. The van der Waals surface area contributed by atoms with E-state index in [1.807, 2.05) is 6.07 Å². The van der Waals surface area contributed by atoms with E-state index in [1.165, 1.54) is 18.9 Å². The van der Waals surface area contributed by atoms with Crippen LogP contribution < -0.4 is 5.32 Å². The summed E-state index contributed by atoms with van der Waals surface area (Å²) in [6.07, 6.45) is 0. The van der Waals surface area contributed by atoms with Gasteiger partial charge in [0.2, 0.25) is 0 Å². The number of nitrogens with one attached hydrogen (secondary N) is 1. The topological polar surface area (TPSA) is 55.4 Å². The second kappa shape index (κ2) is 6.90. The molecule has 1 amide bonds. The van der Waals surface area contributed by atoms with E-state index in [4.69, 9.17) is 0 Å². The molecule has 0 atom stereocenters. The molecule has 0 bridgehead atoms. The average Bonchev–Trinajstić information content (AvgIpc) is 2.35. The molecule has 0 heterocycles. The second-order valence-corrected chi connectivity index (χ2v) is 3.93. The van der Waals surface area contributed by atoms with E-state index in [-0.39, 0.29) is 17.6 Å². The van der Waals surface area contributed by atoms with Crippen LogP contribution in [-0.2, 0) is 9.53 Å². The lowest BCUT2D eigenvalue weighted by atomic mass is 10.2. The number of benzene rings is 1. The van der Waals surface area contributed by atoms with Gasteiger partial charge in [0, 0.05) is 5.56 Å². The van der Waals surface area contributed by atoms with Gasteiger partial charge in [0.05, 0.1) is 18.7 Å². The van der Waals surface area contributed by atoms with E-state index in [0.717, 1.165) is 0 Å². The molecule has 0 fully saturated rings. The van der Waals surface area contributed by atoms with Gasteiger partial charge in [-0.2, -0.15) is 0 Å². The molecule has 0 aliphatic carbocycles. The lowest BCUT2D eigenvalue weighted by Crippen LogP contribution is -2.23. The Kier molecular flexibility index (Phi) is 5.42. The first-order valence-corrected chi connectivity index (χ1v) is 5.87. The Morgan fingerprint density at radius 2 is 2.00 bits per heavy atom. The summed E-state index contributed by atoms with van der Waals surface area (Å²) < 4.78 is 4.47. The maximum Gasteiger partial charge on any atom is 0.315 e. The third-order valence-electron chi connectivity index (χ3n) is 1.82. The van der Waals surface area contributed by atoms with Crippen LogP contribution in [0.2, 0.25) is 0 Å². The number of hydrogen-bond acceptors (Lipinski definition) is 4. The van der Waals surface area contributed by atoms with Crippen molar-refractivity contribution in [1.82, 2.24) is 5.32 Å². The zero-order chi connectivity index (χ0) is 11.8. The van der Waals surface area contributed by atoms with Crippen LogP contribution in [0.1, 0.15) is 10.4 Å². The van der Waals surface area contributed by atoms with Crippen LogP contribution in [0.5, 0.6) is 0 Å². The number of hydrogen-bond donors (Lipinski definition) is 1. The molecule has 86 valence electrons. The van der Waals surface area contributed by atoms with Crippen LogP contribution in [0.4, 0.5) is 0 Å². The Bertz CT molecular complexity index is 354. The van der Waals surface area contributed by atoms with Crippen molar-refractivity contribution in [2.75, 3.05) is 18.7 Å². The molecule has 1 N–H and O–H groups in total. The molecule has 0 unspecified atom stereocenters. The molecule has 0 aliphatic heterocycles. The molecule has 0 aromatic heterocycles. The summed E-state index contributed by atoms with van der Waals surface area (Å²) in [6, 6.07) is 8.93. The predicted molar refractivity (Wildman–Crippen MR) is 63.2 cm³/mol. The summed E-state index contributed by atoms with van der Waals surface area (Å²) in [4.78, 5) is 22.3. The fourth-order valence-corrected chi connectivity index (χ4v) is 1.62. The third kappa shape index (κ3) is 4.35. The van der Waals surface area contributed by atoms with Gasteiger partial charge in [-0.05, 0) is 12.1 Å². The number of ether oxygens (including phenoxy) is 1. The number of methoxy groups -OCH3 is 1. The fourth-order valence-electron chi connectivity index (χ4n) is 1.00. The minimum atomic E-state index is -0.293. The van der Waals surface area contributed by atoms with Gasteiger partial charge < -0.3 is 10.1 Å². The van der Waals surface area contributed by atoms with Gasteiger partial charge in [-0.1, -0.05) is 18.2 Å². The summed E-state index contributed by atoms with van der Waals surface area (Å²) in [6.45, 7) is 0. The van der Waals surface area contributed by atoms with Gasteiger partial charge in [0.25, 0.3) is 5.91 Å². The van der Waals surface area contributed by atoms with Crippen LogP contribution in [0.3, 0.4) is 0 Å². The molecule has 1 rings (SSSR count). The molecule has 16 heavy (non-hydrogen) atoms. The smallest absolute Gasteiger partial charge is 0.315 e. The van der Waals surface area contributed by atoms with Crippen molar-refractivity contribution in [1.29, 1.82) is 0 Å². The summed E-state index contributed by atoms with van der Waals surface area (Å²) in [5.74, 6) is 0.200. The monoisotopic (exact) mass is 239 g/mol. The maximum absolute atomic E-state index is 11.5. The highest BCUT2D eigenvalue weighted by Crippen LogP contribution is 2.01. The molecule has 1 aromatic carbocycles. The molecule has 4 nitrogen and oxygen atoms in total. The minimum Gasteiger partial charge on any atom is -0.468 e. The highest BCUT2D eigenvalue weighted by atomic mass is 32.2. The van der Waals surface area contributed by atoms with E-state index in [2.05, 4.69) is 10.1 Å². The Hall–Kier alpha value is -1.49. The normalized spacial score (nSPS) is 9.56. The number of thioether (sulfide) groups is 1. The lowest BCUT2D eigenvalue weighted by Gasteiger charge is -2.04. The molecule has 0 aliphatic rings. The van der Waals surface area contributed by atoms with Crippen molar-refractivity contribution in [3.8, 4) is 0 Å². The Labute approximate surface area is 98.4 Å². The first-order valence-electron chi connectivity index (χ1n) is 4.72. The van der Waals surface area contributed by atoms with Crippen molar-refractivity contribution < 1.29 is 14.3 Å². The second-order valence-electron chi connectivity index (χ2n) is 2.94. The molecular weight excluding hydrogens is 226 g/mol. The number of carbonyl (C=O) groups is 2. The molecular formula is C11H13NO3S. The summed E-state index contributed by atoms with van der Waals surface area (Å²) in [5.41, 5.74) is 0.612. The van der Waals surface area contributed by atoms with E-state index in [9.17, 15) is 9.59 Å². The van der Waals surface area contributed by atoms with Gasteiger partial charge in [-0.25, -0.2) is 0 Å². The molecule has 1 aromatic rings. The zero-order valence-electron chi connectivity index (χ0n) is 8.93. The minimum absolute atomic E-state index is 0.141. The maximum atomic E-state index is 11.5. The predicted octanol–water partition coefficient (Wildman–Crippen LogP) is 1.28. The number of rotatable bonds is 5. The van der Waals surface area contributed by atoms with Gasteiger partial charge in [-0.15, -0.1) is 11.8 Å². The van der Waals surface area contributed by atoms with Gasteiger partial charge >= 0.3 is 5.97 Å². The van der Waals surface area contributed by atoms with Crippen molar-refractivity contribution in [2.24, 2.45) is 0 Å². The number of carbonyl (C=O) groups excluding carboxylic acids is 2. The molecule has 0 spiro atoms.